The van der Waals surface area contributed by atoms with Gasteiger partial charge in [0, 0.05) is 31.4 Å². The van der Waals surface area contributed by atoms with Gasteiger partial charge >= 0.3 is 0 Å². The molecule has 0 bridgehead atoms. The Labute approximate surface area is 131 Å². The zero-order valence-corrected chi connectivity index (χ0v) is 14.0. The number of hydrogen-bond donors (Lipinski definition) is 2. The summed E-state index contributed by atoms with van der Waals surface area (Å²) in [7, 11) is 3.77. The van der Waals surface area contributed by atoms with Crippen LogP contribution in [0, 0.1) is 0 Å². The van der Waals surface area contributed by atoms with Crippen molar-refractivity contribution in [1.82, 2.24) is 20.2 Å². The number of aromatic nitrogens is 2. The number of oxazole rings is 1. The minimum atomic E-state index is -0.0301. The minimum Gasteiger partial charge on any atom is -0.443 e. The molecule has 22 heavy (non-hydrogen) atoms. The van der Waals surface area contributed by atoms with Crippen molar-refractivity contribution in [1.29, 1.82) is 0 Å². The molecule has 120 valence electrons. The molecule has 0 aromatic carbocycles. The number of aliphatic imine (C=N–C) groups is 1. The highest BCUT2D eigenvalue weighted by molar-refractivity contribution is 5.79. The van der Waals surface area contributed by atoms with Crippen molar-refractivity contribution in [3.8, 4) is 0 Å². The number of aryl methyl sites for hydroxylation is 1. The third-order valence-corrected chi connectivity index (χ3v) is 3.41. The van der Waals surface area contributed by atoms with Crippen LogP contribution in [0.2, 0.25) is 0 Å². The van der Waals surface area contributed by atoms with E-state index >= 15 is 0 Å². The highest BCUT2D eigenvalue weighted by atomic mass is 16.4. The molecular weight excluding hydrogens is 278 g/mol. The molecule has 0 aliphatic rings. The van der Waals surface area contributed by atoms with Gasteiger partial charge in [0.15, 0.2) is 5.96 Å². The lowest BCUT2D eigenvalue weighted by Crippen LogP contribution is -2.36. The molecule has 0 unspecified atom stereocenters. The molecule has 0 radical (unpaired) electrons. The summed E-state index contributed by atoms with van der Waals surface area (Å²) in [6.07, 6.45) is 3.81. The first-order valence-electron chi connectivity index (χ1n) is 7.40. The van der Waals surface area contributed by atoms with E-state index in [9.17, 15) is 0 Å². The Kier molecular flexibility index (Phi) is 4.90. The second kappa shape index (κ2) is 6.68. The van der Waals surface area contributed by atoms with Crippen LogP contribution < -0.4 is 10.6 Å². The third-order valence-electron chi connectivity index (χ3n) is 3.41. The molecule has 0 spiro atoms. The summed E-state index contributed by atoms with van der Waals surface area (Å²) in [4.78, 5) is 8.50. The summed E-state index contributed by atoms with van der Waals surface area (Å²) in [5.74, 6) is 2.26. The van der Waals surface area contributed by atoms with E-state index in [1.54, 1.807) is 13.2 Å². The Bertz CT molecular complexity index is 633. The van der Waals surface area contributed by atoms with Gasteiger partial charge < -0.3 is 19.6 Å². The number of guanidine groups is 1. The van der Waals surface area contributed by atoms with Crippen molar-refractivity contribution < 1.29 is 4.42 Å². The summed E-state index contributed by atoms with van der Waals surface area (Å²) in [6, 6.07) is 4.10. The van der Waals surface area contributed by atoms with E-state index in [2.05, 4.69) is 52.0 Å². The summed E-state index contributed by atoms with van der Waals surface area (Å²) in [5.41, 5.74) is 1.16. The molecule has 2 rings (SSSR count). The maximum Gasteiger partial charge on any atom is 0.213 e. The van der Waals surface area contributed by atoms with E-state index in [4.69, 9.17) is 4.42 Å². The van der Waals surface area contributed by atoms with Crippen molar-refractivity contribution in [3.05, 3.63) is 41.9 Å². The van der Waals surface area contributed by atoms with Crippen LogP contribution in [-0.4, -0.2) is 22.6 Å². The largest absolute Gasteiger partial charge is 0.443 e. The van der Waals surface area contributed by atoms with Gasteiger partial charge in [0.25, 0.3) is 0 Å². The number of hydrogen-bond acceptors (Lipinski definition) is 3. The molecule has 0 saturated carbocycles. The van der Waals surface area contributed by atoms with Crippen LogP contribution in [0.5, 0.6) is 0 Å². The number of rotatable bonds is 4. The fraction of sp³-hybridized carbons (Fsp3) is 0.500. The molecule has 2 aromatic rings. The molecule has 0 fully saturated rings. The van der Waals surface area contributed by atoms with E-state index in [-0.39, 0.29) is 5.41 Å². The zero-order chi connectivity index (χ0) is 16.2. The van der Waals surface area contributed by atoms with Crippen LogP contribution in [0.3, 0.4) is 0 Å². The van der Waals surface area contributed by atoms with Gasteiger partial charge in [-0.25, -0.2) is 4.98 Å². The fourth-order valence-electron chi connectivity index (χ4n) is 1.97. The van der Waals surface area contributed by atoms with Crippen LogP contribution in [-0.2, 0) is 25.6 Å². The predicted molar refractivity (Wildman–Crippen MR) is 87.7 cm³/mol. The highest BCUT2D eigenvalue weighted by Crippen LogP contribution is 2.22. The fourth-order valence-corrected chi connectivity index (χ4v) is 1.97. The van der Waals surface area contributed by atoms with E-state index in [1.165, 1.54) is 5.69 Å². The van der Waals surface area contributed by atoms with Crippen LogP contribution in [0.4, 0.5) is 0 Å². The van der Waals surface area contributed by atoms with Crippen molar-refractivity contribution in [2.24, 2.45) is 12.0 Å². The molecule has 0 amide bonds. The first-order valence-corrected chi connectivity index (χ1v) is 7.40. The van der Waals surface area contributed by atoms with Gasteiger partial charge in [-0.3, -0.25) is 4.99 Å². The second-order valence-electron chi connectivity index (χ2n) is 6.26. The topological polar surface area (TPSA) is 67.4 Å². The van der Waals surface area contributed by atoms with Gasteiger partial charge in [-0.15, -0.1) is 0 Å². The van der Waals surface area contributed by atoms with Crippen LogP contribution in [0.15, 0.2) is 33.9 Å². The van der Waals surface area contributed by atoms with E-state index in [0.717, 1.165) is 11.7 Å². The zero-order valence-electron chi connectivity index (χ0n) is 14.0. The van der Waals surface area contributed by atoms with Crippen LogP contribution >= 0.6 is 0 Å². The van der Waals surface area contributed by atoms with Crippen molar-refractivity contribution >= 4 is 5.96 Å². The second-order valence-corrected chi connectivity index (χ2v) is 6.26. The lowest BCUT2D eigenvalue weighted by molar-refractivity contribution is 0.379. The summed E-state index contributed by atoms with van der Waals surface area (Å²) >= 11 is 0. The number of nitrogens with zero attached hydrogens (tertiary/aromatic N) is 3. The van der Waals surface area contributed by atoms with Gasteiger partial charge in [0.1, 0.15) is 5.76 Å². The molecular formula is C16H25N5O. The molecule has 0 aliphatic heterocycles. The van der Waals surface area contributed by atoms with Crippen LogP contribution in [0.1, 0.15) is 38.1 Å². The Morgan fingerprint density at radius 3 is 2.59 bits per heavy atom. The molecule has 2 heterocycles. The van der Waals surface area contributed by atoms with Gasteiger partial charge in [-0.1, -0.05) is 20.8 Å². The van der Waals surface area contributed by atoms with Gasteiger partial charge in [-0.05, 0) is 12.1 Å². The summed E-state index contributed by atoms with van der Waals surface area (Å²) in [6.45, 7) is 7.52. The average molecular weight is 303 g/mol. The van der Waals surface area contributed by atoms with Crippen molar-refractivity contribution in [3.63, 3.8) is 0 Å². The Morgan fingerprint density at radius 2 is 2.05 bits per heavy atom. The molecule has 6 heteroatoms. The summed E-state index contributed by atoms with van der Waals surface area (Å²) in [5, 5.41) is 6.47. The highest BCUT2D eigenvalue weighted by Gasteiger charge is 2.19. The van der Waals surface area contributed by atoms with E-state index in [0.29, 0.717) is 19.0 Å². The lowest BCUT2D eigenvalue weighted by atomic mass is 9.94. The Morgan fingerprint density at radius 1 is 1.32 bits per heavy atom. The van der Waals surface area contributed by atoms with Crippen molar-refractivity contribution in [2.45, 2.75) is 39.3 Å². The van der Waals surface area contributed by atoms with E-state index < -0.39 is 0 Å². The van der Waals surface area contributed by atoms with Gasteiger partial charge in [0.2, 0.25) is 5.89 Å². The van der Waals surface area contributed by atoms with Crippen molar-refractivity contribution in [2.75, 3.05) is 7.05 Å². The lowest BCUT2D eigenvalue weighted by Gasteiger charge is -2.13. The summed E-state index contributed by atoms with van der Waals surface area (Å²) < 4.78 is 7.83. The molecule has 0 aliphatic carbocycles. The van der Waals surface area contributed by atoms with E-state index in [1.807, 2.05) is 19.3 Å². The predicted octanol–water partition coefficient (Wildman–Crippen LogP) is 2.18. The molecule has 2 aromatic heterocycles. The molecule has 6 nitrogen and oxygen atoms in total. The molecule has 0 saturated heterocycles. The number of nitrogens with one attached hydrogen (secondary N) is 2. The third kappa shape index (κ3) is 4.13. The Balaban J connectivity index is 1.86. The maximum atomic E-state index is 5.75. The molecule has 0 atom stereocenters. The Hall–Kier alpha value is -2.24. The average Bonchev–Trinajstić information content (AvgIpc) is 3.08. The minimum absolute atomic E-state index is 0.0301. The van der Waals surface area contributed by atoms with Gasteiger partial charge in [0.05, 0.1) is 19.3 Å². The van der Waals surface area contributed by atoms with Crippen LogP contribution in [0.25, 0.3) is 0 Å². The van der Waals surface area contributed by atoms with Gasteiger partial charge in [-0.2, -0.15) is 0 Å². The monoisotopic (exact) mass is 303 g/mol. The standard InChI is InChI=1S/C16H25N5O/c1-16(2,3)13-10-18-14(22-13)11-20-15(17-4)19-9-12-7-6-8-21(12)5/h6-8,10H,9,11H2,1-5H3,(H2,17,19,20). The SMILES string of the molecule is CN=C(NCc1ncc(C(C)(C)C)o1)NCc1cccn1C. The molecule has 2 N–H and O–H groups in total. The first-order chi connectivity index (χ1) is 10.4. The quantitative estimate of drug-likeness (QED) is 0.671. The smallest absolute Gasteiger partial charge is 0.213 e. The maximum absolute atomic E-state index is 5.75. The first kappa shape index (κ1) is 16.1. The normalized spacial score (nSPS) is 12.5.